The summed E-state index contributed by atoms with van der Waals surface area (Å²) >= 11 is 0.594. The van der Waals surface area contributed by atoms with Crippen molar-refractivity contribution in [1.29, 1.82) is 0 Å². The quantitative estimate of drug-likeness (QED) is 0.290. The topological polar surface area (TPSA) is 103 Å². The van der Waals surface area contributed by atoms with Crippen LogP contribution in [-0.4, -0.2) is 26.6 Å². The zero-order valence-electron chi connectivity index (χ0n) is 19.7. The first-order valence-corrected chi connectivity index (χ1v) is 11.8. The molecule has 0 aliphatic heterocycles. The Morgan fingerprint density at radius 1 is 1.05 bits per heavy atom. The van der Waals surface area contributed by atoms with Crippen LogP contribution < -0.4 is 11.1 Å². The van der Waals surface area contributed by atoms with Gasteiger partial charge in [0.2, 0.25) is 5.91 Å². The lowest BCUT2D eigenvalue weighted by atomic mass is 10.0. The molecule has 0 saturated heterocycles. The Balaban J connectivity index is 1.78. The van der Waals surface area contributed by atoms with Gasteiger partial charge in [-0.2, -0.15) is 31.4 Å². The molecular formula is C24H19F6N5O2S. The van der Waals surface area contributed by atoms with Crippen molar-refractivity contribution in [2.45, 2.75) is 32.7 Å². The number of halogens is 6. The fourth-order valence-electron chi connectivity index (χ4n) is 3.80. The van der Waals surface area contributed by atoms with Crippen molar-refractivity contribution < 1.29 is 35.9 Å². The highest BCUT2D eigenvalue weighted by Gasteiger charge is 2.36. The zero-order chi connectivity index (χ0) is 28.0. The average Bonchev–Trinajstić information content (AvgIpc) is 3.39. The van der Waals surface area contributed by atoms with Crippen molar-refractivity contribution in [3.05, 3.63) is 64.4 Å². The minimum absolute atomic E-state index is 0.0624. The summed E-state index contributed by atoms with van der Waals surface area (Å²) in [5.74, 6) is -2.66. The number of carbonyl (C=O) groups excluding carboxylic acids is 2. The number of hydrogen-bond donors (Lipinski definition) is 2. The third kappa shape index (κ3) is 5.35. The van der Waals surface area contributed by atoms with Crippen LogP contribution in [0.4, 0.5) is 32.0 Å². The summed E-state index contributed by atoms with van der Waals surface area (Å²) in [5.41, 5.74) is 3.66. The summed E-state index contributed by atoms with van der Waals surface area (Å²) in [4.78, 5) is 28.6. The standard InChI is InChI=1S/C24H19F6N5O2S/c1-11(10-35-12(2)8-16(34-35)24(28,29)30)21(37)33-18-17-14(13-6-4-3-5-7-13)9-15(23(25,26)27)32-22(17)38-19(18)20(31)36/h3-9,11H,10H2,1-2H3,(H2,31,36)(H,33,37). The van der Waals surface area contributed by atoms with E-state index < -0.39 is 41.5 Å². The molecule has 1 aromatic carbocycles. The smallest absolute Gasteiger partial charge is 0.365 e. The lowest BCUT2D eigenvalue weighted by Crippen LogP contribution is -2.26. The SMILES string of the molecule is Cc1cc(C(F)(F)F)nn1CC(C)C(=O)Nc1c(C(N)=O)sc2nc(C(F)(F)F)cc(-c3ccccc3)c12. The molecule has 38 heavy (non-hydrogen) atoms. The molecule has 200 valence electrons. The van der Waals surface area contributed by atoms with E-state index >= 15 is 0 Å². The van der Waals surface area contributed by atoms with E-state index in [2.05, 4.69) is 15.4 Å². The van der Waals surface area contributed by atoms with E-state index in [-0.39, 0.29) is 38.6 Å². The second-order valence-electron chi connectivity index (χ2n) is 8.51. The molecule has 0 radical (unpaired) electrons. The lowest BCUT2D eigenvalue weighted by molar-refractivity contribution is -0.142. The Kier molecular flexibility index (Phi) is 6.95. The van der Waals surface area contributed by atoms with Gasteiger partial charge in [0.05, 0.1) is 18.2 Å². The number of pyridine rings is 1. The maximum Gasteiger partial charge on any atom is 0.435 e. The third-order valence-corrected chi connectivity index (χ3v) is 6.77. The molecule has 0 spiro atoms. The van der Waals surface area contributed by atoms with E-state index in [9.17, 15) is 35.9 Å². The highest BCUT2D eigenvalue weighted by atomic mass is 32.1. The number of aromatic nitrogens is 3. The van der Waals surface area contributed by atoms with E-state index in [1.165, 1.54) is 13.8 Å². The minimum atomic E-state index is -4.79. The Morgan fingerprint density at radius 3 is 2.24 bits per heavy atom. The van der Waals surface area contributed by atoms with Gasteiger partial charge in [0, 0.05) is 11.1 Å². The first-order chi connectivity index (χ1) is 17.7. The number of benzene rings is 1. The van der Waals surface area contributed by atoms with Crippen LogP contribution in [0.5, 0.6) is 0 Å². The predicted octanol–water partition coefficient (Wildman–Crippen LogP) is 5.88. The summed E-state index contributed by atoms with van der Waals surface area (Å²) < 4.78 is 80.9. The maximum absolute atomic E-state index is 13.6. The summed E-state index contributed by atoms with van der Waals surface area (Å²) in [6.45, 7) is 2.60. The van der Waals surface area contributed by atoms with Crippen LogP contribution in [0.2, 0.25) is 0 Å². The fraction of sp³-hybridized carbons (Fsp3) is 0.250. The molecule has 1 unspecified atom stereocenters. The molecule has 0 saturated carbocycles. The fourth-order valence-corrected chi connectivity index (χ4v) is 4.81. The second kappa shape index (κ2) is 9.74. The number of rotatable bonds is 6. The van der Waals surface area contributed by atoms with Gasteiger partial charge in [-0.3, -0.25) is 14.3 Å². The molecule has 0 bridgehead atoms. The number of amides is 2. The molecule has 4 rings (SSSR count). The maximum atomic E-state index is 13.6. The second-order valence-corrected chi connectivity index (χ2v) is 9.51. The number of thiophene rings is 1. The van der Waals surface area contributed by atoms with Crippen LogP contribution >= 0.6 is 11.3 Å². The highest BCUT2D eigenvalue weighted by molar-refractivity contribution is 7.21. The van der Waals surface area contributed by atoms with Gasteiger partial charge < -0.3 is 11.1 Å². The number of fused-ring (bicyclic) bond motifs is 1. The molecule has 3 N–H and O–H groups in total. The first kappa shape index (κ1) is 27.1. The molecule has 4 aromatic rings. The van der Waals surface area contributed by atoms with E-state index in [0.717, 1.165) is 16.8 Å². The zero-order valence-corrected chi connectivity index (χ0v) is 20.6. The van der Waals surface area contributed by atoms with Gasteiger partial charge in [-0.15, -0.1) is 11.3 Å². The number of primary amides is 1. The van der Waals surface area contributed by atoms with Crippen LogP contribution in [0.25, 0.3) is 21.3 Å². The number of carbonyl (C=O) groups is 2. The van der Waals surface area contributed by atoms with Gasteiger partial charge in [-0.05, 0) is 30.2 Å². The lowest BCUT2D eigenvalue weighted by Gasteiger charge is -2.15. The summed E-state index contributed by atoms with van der Waals surface area (Å²) in [5, 5.41) is 6.13. The van der Waals surface area contributed by atoms with Crippen LogP contribution in [0.3, 0.4) is 0 Å². The van der Waals surface area contributed by atoms with Crippen LogP contribution in [0, 0.1) is 12.8 Å². The minimum Gasteiger partial charge on any atom is -0.365 e. The van der Waals surface area contributed by atoms with Gasteiger partial charge in [-0.25, -0.2) is 4.98 Å². The predicted molar refractivity (Wildman–Crippen MR) is 128 cm³/mol. The van der Waals surface area contributed by atoms with Crippen LogP contribution in [0.15, 0.2) is 42.5 Å². The van der Waals surface area contributed by atoms with E-state index in [0.29, 0.717) is 16.9 Å². The molecule has 3 aromatic heterocycles. The summed E-state index contributed by atoms with van der Waals surface area (Å²) in [7, 11) is 0. The Morgan fingerprint density at radius 2 is 1.68 bits per heavy atom. The van der Waals surface area contributed by atoms with Gasteiger partial charge in [-0.1, -0.05) is 37.3 Å². The number of nitrogens with two attached hydrogens (primary N) is 1. The third-order valence-electron chi connectivity index (χ3n) is 5.68. The van der Waals surface area contributed by atoms with Crippen molar-refractivity contribution in [1.82, 2.24) is 14.8 Å². The summed E-state index contributed by atoms with van der Waals surface area (Å²) in [6, 6.07) is 9.67. The van der Waals surface area contributed by atoms with E-state index in [4.69, 9.17) is 5.73 Å². The summed E-state index contributed by atoms with van der Waals surface area (Å²) in [6.07, 6.45) is -9.45. The molecule has 2 amide bonds. The van der Waals surface area contributed by atoms with Gasteiger partial charge >= 0.3 is 12.4 Å². The number of alkyl halides is 6. The monoisotopic (exact) mass is 555 g/mol. The van der Waals surface area contributed by atoms with Crippen molar-refractivity contribution in [3.63, 3.8) is 0 Å². The highest BCUT2D eigenvalue weighted by Crippen LogP contribution is 2.43. The van der Waals surface area contributed by atoms with Crippen LogP contribution in [0.1, 0.15) is 33.7 Å². The Bertz CT molecular complexity index is 1530. The molecular weight excluding hydrogens is 536 g/mol. The average molecular weight is 556 g/mol. The van der Waals surface area contributed by atoms with E-state index in [1.807, 2.05) is 0 Å². The number of hydrogen-bond acceptors (Lipinski definition) is 5. The van der Waals surface area contributed by atoms with Gasteiger partial charge in [0.1, 0.15) is 15.4 Å². The number of nitrogens with one attached hydrogen (secondary N) is 1. The Hall–Kier alpha value is -3.94. The molecule has 7 nitrogen and oxygen atoms in total. The first-order valence-electron chi connectivity index (χ1n) is 11.0. The van der Waals surface area contributed by atoms with Crippen molar-refractivity contribution in [2.24, 2.45) is 11.7 Å². The van der Waals surface area contributed by atoms with Gasteiger partial charge in [0.25, 0.3) is 5.91 Å². The Labute approximate surface area is 215 Å². The number of anilines is 1. The molecule has 1 atom stereocenters. The molecule has 3 heterocycles. The normalized spacial score (nSPS) is 13.1. The largest absolute Gasteiger partial charge is 0.435 e. The van der Waals surface area contributed by atoms with Crippen molar-refractivity contribution in [2.75, 3.05) is 5.32 Å². The molecule has 14 heteroatoms. The molecule has 0 aliphatic carbocycles. The van der Waals surface area contributed by atoms with Crippen molar-refractivity contribution in [3.8, 4) is 11.1 Å². The number of nitrogens with zero attached hydrogens (tertiary/aromatic N) is 3. The van der Waals surface area contributed by atoms with Crippen molar-refractivity contribution >= 4 is 39.1 Å². The number of aryl methyl sites for hydroxylation is 1. The molecule has 0 fully saturated rings. The van der Waals surface area contributed by atoms with E-state index in [1.54, 1.807) is 30.3 Å². The molecule has 0 aliphatic rings. The van der Waals surface area contributed by atoms with Gasteiger partial charge in [0.15, 0.2) is 5.69 Å². The van der Waals surface area contributed by atoms with Crippen LogP contribution in [-0.2, 0) is 23.7 Å².